The molecule has 160 valence electrons. The number of aromatic nitrogens is 1. The van der Waals surface area contributed by atoms with Crippen LogP contribution in [0.2, 0.25) is 5.02 Å². The monoisotopic (exact) mass is 442 g/mol. The Morgan fingerprint density at radius 1 is 1.09 bits per heavy atom. The lowest BCUT2D eigenvalue weighted by molar-refractivity contribution is -0.115. The highest BCUT2D eigenvalue weighted by molar-refractivity contribution is 6.31. The first-order chi connectivity index (χ1) is 15.7. The van der Waals surface area contributed by atoms with Gasteiger partial charge in [-0.05, 0) is 47.9 Å². The number of amides is 1. The van der Waals surface area contributed by atoms with Crippen LogP contribution in [0.25, 0.3) is 0 Å². The molecule has 3 aromatic rings. The third kappa shape index (κ3) is 3.59. The van der Waals surface area contributed by atoms with Crippen LogP contribution < -0.4 is 10.2 Å². The molecule has 1 aromatic heterocycles. The molecule has 3 heterocycles. The maximum atomic E-state index is 13.8. The fourth-order valence-corrected chi connectivity index (χ4v) is 4.46. The molecule has 2 aromatic carbocycles. The van der Waals surface area contributed by atoms with Crippen LogP contribution in [0.1, 0.15) is 29.7 Å². The van der Waals surface area contributed by atoms with Gasteiger partial charge in [-0.25, -0.2) is 0 Å². The van der Waals surface area contributed by atoms with Gasteiger partial charge in [-0.3, -0.25) is 19.7 Å². The Bertz CT molecular complexity index is 1200. The van der Waals surface area contributed by atoms with E-state index in [4.69, 9.17) is 16.6 Å². The van der Waals surface area contributed by atoms with Crippen LogP contribution in [-0.4, -0.2) is 29.7 Å². The number of nitrogens with one attached hydrogen (secondary N) is 1. The molecule has 0 bridgehead atoms. The van der Waals surface area contributed by atoms with Crippen molar-refractivity contribution in [2.45, 2.75) is 19.4 Å². The van der Waals surface area contributed by atoms with Gasteiger partial charge in [0.1, 0.15) is 5.70 Å². The number of anilines is 1. The number of carbonyl (C=O) groups excluding carboxylic acids is 1. The topological polar surface area (TPSA) is 57.6 Å². The minimum atomic E-state index is -0.335. The van der Waals surface area contributed by atoms with Crippen LogP contribution >= 0.6 is 11.6 Å². The Kier molecular flexibility index (Phi) is 5.50. The van der Waals surface area contributed by atoms with Crippen LogP contribution in [0.3, 0.4) is 0 Å². The largest absolute Gasteiger partial charge is 0.378 e. The van der Waals surface area contributed by atoms with Crippen molar-refractivity contribution in [3.63, 3.8) is 0 Å². The second kappa shape index (κ2) is 8.60. The van der Waals surface area contributed by atoms with Crippen molar-refractivity contribution in [1.82, 2.24) is 10.3 Å². The molecule has 2 aliphatic heterocycles. The molecule has 1 amide bonds. The second-order valence-corrected chi connectivity index (χ2v) is 8.27. The van der Waals surface area contributed by atoms with E-state index in [0.717, 1.165) is 34.5 Å². The zero-order chi connectivity index (χ0) is 22.1. The lowest BCUT2D eigenvalue weighted by Crippen LogP contribution is -2.33. The Morgan fingerprint density at radius 2 is 1.88 bits per heavy atom. The predicted octanol–water partition coefficient (Wildman–Crippen LogP) is 4.73. The van der Waals surface area contributed by atoms with Crippen LogP contribution in [-0.2, 0) is 11.2 Å². The first-order valence-corrected chi connectivity index (χ1v) is 11.2. The maximum Gasteiger partial charge on any atom is 0.275 e. The number of aryl methyl sites for hydroxylation is 1. The van der Waals surface area contributed by atoms with Gasteiger partial charge in [0.25, 0.3) is 5.91 Å². The maximum absolute atomic E-state index is 13.8. The number of nitrogens with zero attached hydrogens (tertiary/aromatic N) is 3. The van der Waals surface area contributed by atoms with Crippen molar-refractivity contribution in [2.24, 2.45) is 4.99 Å². The van der Waals surface area contributed by atoms with Crippen molar-refractivity contribution in [1.29, 1.82) is 0 Å². The van der Waals surface area contributed by atoms with Crippen LogP contribution in [0, 0.1) is 0 Å². The molecule has 32 heavy (non-hydrogen) atoms. The molecule has 0 saturated carbocycles. The van der Waals surface area contributed by atoms with Gasteiger partial charge in [0.05, 0.1) is 18.3 Å². The number of rotatable bonds is 4. The Morgan fingerprint density at radius 3 is 2.56 bits per heavy atom. The minimum absolute atomic E-state index is 0.0540. The molecule has 0 radical (unpaired) electrons. The van der Waals surface area contributed by atoms with Crippen molar-refractivity contribution in [3.05, 3.63) is 106 Å². The lowest BCUT2D eigenvalue weighted by Gasteiger charge is -2.28. The lowest BCUT2D eigenvalue weighted by atomic mass is 9.92. The molecule has 0 fully saturated rings. The molecular formula is C26H23ClN4O. The van der Waals surface area contributed by atoms with Gasteiger partial charge in [0, 0.05) is 40.8 Å². The average Bonchev–Trinajstić information content (AvgIpc) is 2.97. The molecule has 0 saturated heterocycles. The summed E-state index contributed by atoms with van der Waals surface area (Å²) in [5, 5.41) is 4.02. The Hall–Kier alpha value is -3.44. The summed E-state index contributed by atoms with van der Waals surface area (Å²) in [6, 6.07) is 19.4. The molecule has 1 N–H and O–H groups in total. The highest BCUT2D eigenvalue weighted by atomic mass is 35.5. The number of hydrogen-bond acceptors (Lipinski definition) is 4. The molecule has 1 atom stereocenters. The van der Waals surface area contributed by atoms with Crippen LogP contribution in [0.4, 0.5) is 5.69 Å². The Labute approximate surface area is 192 Å². The average molecular weight is 443 g/mol. The summed E-state index contributed by atoms with van der Waals surface area (Å²) in [5.74, 6) is -0.0540. The van der Waals surface area contributed by atoms with Crippen LogP contribution in [0.15, 0.2) is 89.3 Å². The number of halogens is 1. The standard InChI is InChI=1S/C26H23ClN4O/c1-2-17-5-11-21(12-6-17)31-25(19-4-3-13-28-16-19)22-23(18-7-9-20(27)10-8-18)29-14-15-30-24(22)26(31)32/h3-13,16,25,30H,2,14-15H2,1H3/t25-/m1/s1. The van der Waals surface area contributed by atoms with E-state index in [0.29, 0.717) is 23.8 Å². The molecule has 0 unspecified atom stereocenters. The first-order valence-electron chi connectivity index (χ1n) is 10.8. The fraction of sp³-hybridized carbons (Fsp3) is 0.192. The summed E-state index contributed by atoms with van der Waals surface area (Å²) < 4.78 is 0. The molecule has 6 heteroatoms. The summed E-state index contributed by atoms with van der Waals surface area (Å²) in [7, 11) is 0. The molecule has 2 aliphatic rings. The summed E-state index contributed by atoms with van der Waals surface area (Å²) in [4.78, 5) is 24.9. The fourth-order valence-electron chi connectivity index (χ4n) is 4.34. The quantitative estimate of drug-likeness (QED) is 0.635. The van der Waals surface area contributed by atoms with E-state index in [1.165, 1.54) is 5.56 Å². The highest BCUT2D eigenvalue weighted by Crippen LogP contribution is 2.42. The highest BCUT2D eigenvalue weighted by Gasteiger charge is 2.44. The Balaban J connectivity index is 1.69. The summed E-state index contributed by atoms with van der Waals surface area (Å²) in [5.41, 5.74) is 6.26. The van der Waals surface area contributed by atoms with Gasteiger partial charge in [-0.1, -0.05) is 48.9 Å². The van der Waals surface area contributed by atoms with Crippen molar-refractivity contribution in [2.75, 3.05) is 18.0 Å². The third-order valence-corrected chi connectivity index (χ3v) is 6.16. The molecule has 5 nitrogen and oxygen atoms in total. The van der Waals surface area contributed by atoms with E-state index in [1.54, 1.807) is 6.20 Å². The van der Waals surface area contributed by atoms with Crippen LogP contribution in [0.5, 0.6) is 0 Å². The molecule has 5 rings (SSSR count). The first kappa shape index (κ1) is 20.5. The smallest absolute Gasteiger partial charge is 0.275 e. The second-order valence-electron chi connectivity index (χ2n) is 7.84. The van der Waals surface area contributed by atoms with Crippen molar-refractivity contribution < 1.29 is 4.79 Å². The summed E-state index contributed by atoms with van der Waals surface area (Å²) in [6.07, 6.45) is 4.52. The van der Waals surface area contributed by atoms with Gasteiger partial charge >= 0.3 is 0 Å². The molecule has 0 aliphatic carbocycles. The SMILES string of the molecule is CCc1ccc(N2C(=O)C3=C(C(c4ccc(Cl)cc4)=NCCN3)[C@H]2c2cccnc2)cc1. The van der Waals surface area contributed by atoms with E-state index in [-0.39, 0.29) is 11.9 Å². The predicted molar refractivity (Wildman–Crippen MR) is 128 cm³/mol. The summed E-state index contributed by atoms with van der Waals surface area (Å²) in [6.45, 7) is 3.31. The van der Waals surface area contributed by atoms with Gasteiger partial charge in [-0.15, -0.1) is 0 Å². The number of pyridine rings is 1. The number of hydrogen-bond donors (Lipinski definition) is 1. The normalized spacial score (nSPS) is 18.2. The third-order valence-electron chi connectivity index (χ3n) is 5.91. The van der Waals surface area contributed by atoms with Crippen molar-refractivity contribution in [3.8, 4) is 0 Å². The number of benzene rings is 2. The minimum Gasteiger partial charge on any atom is -0.378 e. The molecule has 0 spiro atoms. The van der Waals surface area contributed by atoms with Gasteiger partial charge in [0.2, 0.25) is 0 Å². The zero-order valence-corrected chi connectivity index (χ0v) is 18.5. The molecular weight excluding hydrogens is 420 g/mol. The zero-order valence-electron chi connectivity index (χ0n) is 17.8. The van der Waals surface area contributed by atoms with Gasteiger partial charge < -0.3 is 5.32 Å². The van der Waals surface area contributed by atoms with Gasteiger partial charge in [0.15, 0.2) is 0 Å². The summed E-state index contributed by atoms with van der Waals surface area (Å²) >= 11 is 6.13. The van der Waals surface area contributed by atoms with Crippen molar-refractivity contribution >= 4 is 28.9 Å². The number of aliphatic imine (C=N–C) groups is 1. The number of carbonyl (C=O) groups is 1. The van der Waals surface area contributed by atoms with E-state index in [2.05, 4.69) is 29.4 Å². The van der Waals surface area contributed by atoms with E-state index < -0.39 is 0 Å². The van der Waals surface area contributed by atoms with Gasteiger partial charge in [-0.2, -0.15) is 0 Å². The van der Waals surface area contributed by atoms with E-state index in [1.807, 2.05) is 59.6 Å². The van der Waals surface area contributed by atoms with E-state index in [9.17, 15) is 4.79 Å². The van der Waals surface area contributed by atoms with E-state index >= 15 is 0 Å².